The molecule has 1 aliphatic heterocycles. The molecule has 0 amide bonds. The van der Waals surface area contributed by atoms with Crippen LogP contribution in [0.2, 0.25) is 5.02 Å². The second kappa shape index (κ2) is 6.18. The van der Waals surface area contributed by atoms with Crippen LogP contribution in [0.4, 0.5) is 5.69 Å². The van der Waals surface area contributed by atoms with Crippen LogP contribution < -0.4 is 10.6 Å². The molecule has 0 spiro atoms. The second-order valence-electron chi connectivity index (χ2n) is 5.62. The van der Waals surface area contributed by atoms with E-state index in [1.165, 1.54) is 6.42 Å². The third-order valence-corrected chi connectivity index (χ3v) is 4.31. The van der Waals surface area contributed by atoms with Crippen LogP contribution in [0, 0.1) is 0 Å². The minimum absolute atomic E-state index is 0.0246. The Morgan fingerprint density at radius 3 is 3.10 bits per heavy atom. The second-order valence-corrected chi connectivity index (χ2v) is 6.05. The van der Waals surface area contributed by atoms with Crippen molar-refractivity contribution in [2.75, 3.05) is 32.1 Å². The highest BCUT2D eigenvalue weighted by Gasteiger charge is 2.33. The number of rotatable bonds is 5. The Morgan fingerprint density at radius 1 is 1.43 bits per heavy atom. The average Bonchev–Trinajstić information content (AvgIpc) is 2.94. The first-order valence-corrected chi connectivity index (χ1v) is 7.62. The topological polar surface area (TPSA) is 46.2 Å². The zero-order valence-corrected chi connectivity index (χ0v) is 12.9. The summed E-state index contributed by atoms with van der Waals surface area (Å²) in [5, 5.41) is 8.92. The number of nitrogens with zero attached hydrogens (tertiary/aromatic N) is 1. The highest BCUT2D eigenvalue weighted by Crippen LogP contribution is 2.26. The summed E-state index contributed by atoms with van der Waals surface area (Å²) in [6, 6.07) is 7.81. The highest BCUT2D eigenvalue weighted by atomic mass is 35.5. The Kier molecular flexibility index (Phi) is 4.29. The summed E-state index contributed by atoms with van der Waals surface area (Å²) in [6.45, 7) is 2.61. The van der Waals surface area contributed by atoms with Gasteiger partial charge in [0.2, 0.25) is 0 Å². The highest BCUT2D eigenvalue weighted by molar-refractivity contribution is 6.31. The van der Waals surface area contributed by atoms with Gasteiger partial charge < -0.3 is 15.4 Å². The number of methoxy groups -OCH3 is 1. The average molecular weight is 306 g/mol. The fourth-order valence-corrected chi connectivity index (χ4v) is 3.18. The molecule has 1 unspecified atom stereocenters. The number of nitrogens with one attached hydrogen (secondary N) is 2. The molecule has 0 bridgehead atoms. The molecule has 1 saturated heterocycles. The fourth-order valence-electron chi connectivity index (χ4n) is 3.01. The van der Waals surface area contributed by atoms with Crippen molar-refractivity contribution in [2.45, 2.75) is 18.4 Å². The molecule has 2 N–H and O–H groups in total. The van der Waals surface area contributed by atoms with Crippen molar-refractivity contribution in [1.29, 1.82) is 0 Å². The van der Waals surface area contributed by atoms with Crippen molar-refractivity contribution < 1.29 is 4.74 Å². The van der Waals surface area contributed by atoms with Crippen molar-refractivity contribution in [3.05, 3.63) is 35.5 Å². The smallest absolute Gasteiger partial charge is 0.0737 e. The van der Waals surface area contributed by atoms with Crippen LogP contribution in [0.25, 0.3) is 10.9 Å². The molecule has 0 saturated carbocycles. The molecule has 3 rings (SSSR count). The van der Waals surface area contributed by atoms with Gasteiger partial charge in [0.1, 0.15) is 0 Å². The van der Waals surface area contributed by atoms with Gasteiger partial charge in [-0.15, -0.1) is 0 Å². The third kappa shape index (κ3) is 3.12. The standard InChI is InChI=1S/C16H20ClN3O/c1-21-11-16(6-2-7-20-16)10-19-14-5-8-18-15-9-12(17)3-4-13(14)15/h3-5,8-9,20H,2,6-7,10-11H2,1H3,(H,18,19). The molecular weight excluding hydrogens is 286 g/mol. The molecule has 112 valence electrons. The number of halogens is 1. The lowest BCUT2D eigenvalue weighted by Gasteiger charge is -2.29. The van der Waals surface area contributed by atoms with Gasteiger partial charge in [-0.1, -0.05) is 11.6 Å². The SMILES string of the molecule is COCC1(CNc2ccnc3cc(Cl)ccc23)CCCN1. The van der Waals surface area contributed by atoms with Crippen molar-refractivity contribution in [2.24, 2.45) is 0 Å². The first-order valence-electron chi connectivity index (χ1n) is 7.25. The van der Waals surface area contributed by atoms with Crippen LogP contribution in [0.1, 0.15) is 12.8 Å². The van der Waals surface area contributed by atoms with Crippen LogP contribution in [-0.2, 0) is 4.74 Å². The molecule has 2 aromatic rings. The largest absolute Gasteiger partial charge is 0.383 e. The number of hydrogen-bond donors (Lipinski definition) is 2. The monoisotopic (exact) mass is 305 g/mol. The van der Waals surface area contributed by atoms with Gasteiger partial charge >= 0.3 is 0 Å². The molecule has 0 radical (unpaired) electrons. The van der Waals surface area contributed by atoms with E-state index < -0.39 is 0 Å². The van der Waals surface area contributed by atoms with Gasteiger partial charge in [-0.25, -0.2) is 0 Å². The Bertz CT molecular complexity index is 626. The number of aromatic nitrogens is 1. The number of hydrogen-bond acceptors (Lipinski definition) is 4. The summed E-state index contributed by atoms with van der Waals surface area (Å²) in [5.41, 5.74) is 2.02. The van der Waals surface area contributed by atoms with Gasteiger partial charge in [-0.3, -0.25) is 4.98 Å². The summed E-state index contributed by atoms with van der Waals surface area (Å²) in [7, 11) is 1.76. The molecule has 5 heteroatoms. The van der Waals surface area contributed by atoms with Gasteiger partial charge in [-0.2, -0.15) is 0 Å². The van der Waals surface area contributed by atoms with Crippen LogP contribution in [0.15, 0.2) is 30.5 Å². The molecule has 1 fully saturated rings. The molecule has 1 aliphatic rings. The molecule has 4 nitrogen and oxygen atoms in total. The number of fused-ring (bicyclic) bond motifs is 1. The van der Waals surface area contributed by atoms with E-state index in [1.807, 2.05) is 30.5 Å². The van der Waals surface area contributed by atoms with E-state index in [0.29, 0.717) is 5.02 Å². The van der Waals surface area contributed by atoms with Gasteiger partial charge in [0.15, 0.2) is 0 Å². The number of anilines is 1. The first-order chi connectivity index (χ1) is 10.2. The van der Waals surface area contributed by atoms with Gasteiger partial charge in [0.25, 0.3) is 0 Å². The summed E-state index contributed by atoms with van der Waals surface area (Å²) in [5.74, 6) is 0. The van der Waals surface area contributed by atoms with E-state index in [2.05, 4.69) is 15.6 Å². The minimum atomic E-state index is 0.0246. The summed E-state index contributed by atoms with van der Waals surface area (Å²) in [4.78, 5) is 4.37. The lowest BCUT2D eigenvalue weighted by molar-refractivity contribution is 0.127. The van der Waals surface area contributed by atoms with Gasteiger partial charge in [-0.05, 0) is 43.7 Å². The van der Waals surface area contributed by atoms with E-state index in [1.54, 1.807) is 7.11 Å². The fraction of sp³-hybridized carbons (Fsp3) is 0.438. The summed E-state index contributed by atoms with van der Waals surface area (Å²) < 4.78 is 5.39. The maximum atomic E-state index is 6.03. The van der Waals surface area contributed by atoms with Crippen molar-refractivity contribution >= 4 is 28.2 Å². The van der Waals surface area contributed by atoms with Crippen molar-refractivity contribution in [3.63, 3.8) is 0 Å². The third-order valence-electron chi connectivity index (χ3n) is 4.07. The molecule has 1 aromatic carbocycles. The Hall–Kier alpha value is -1.36. The Balaban J connectivity index is 1.81. The van der Waals surface area contributed by atoms with E-state index in [0.717, 1.165) is 42.7 Å². The molecular formula is C16H20ClN3O. The van der Waals surface area contributed by atoms with Crippen LogP contribution in [0.3, 0.4) is 0 Å². The Morgan fingerprint density at radius 2 is 2.33 bits per heavy atom. The quantitative estimate of drug-likeness (QED) is 0.891. The predicted molar refractivity (Wildman–Crippen MR) is 87.1 cm³/mol. The predicted octanol–water partition coefficient (Wildman–Crippen LogP) is 3.07. The molecule has 2 heterocycles. The molecule has 1 aromatic heterocycles. The van der Waals surface area contributed by atoms with Crippen LogP contribution in [-0.4, -0.2) is 37.3 Å². The zero-order valence-electron chi connectivity index (χ0n) is 12.2. The lowest BCUT2D eigenvalue weighted by Crippen LogP contribution is -2.49. The van der Waals surface area contributed by atoms with Crippen LogP contribution >= 0.6 is 11.6 Å². The van der Waals surface area contributed by atoms with E-state index in [9.17, 15) is 0 Å². The van der Waals surface area contributed by atoms with Crippen molar-refractivity contribution in [3.8, 4) is 0 Å². The first kappa shape index (κ1) is 14.6. The summed E-state index contributed by atoms with van der Waals surface area (Å²) in [6.07, 6.45) is 4.13. The molecule has 21 heavy (non-hydrogen) atoms. The number of benzene rings is 1. The van der Waals surface area contributed by atoms with Gasteiger partial charge in [0.05, 0.1) is 17.7 Å². The molecule has 1 atom stereocenters. The maximum absolute atomic E-state index is 6.03. The zero-order chi connectivity index (χ0) is 14.7. The van der Waals surface area contributed by atoms with Crippen LogP contribution in [0.5, 0.6) is 0 Å². The summed E-state index contributed by atoms with van der Waals surface area (Å²) >= 11 is 6.03. The van der Waals surface area contributed by atoms with Crippen molar-refractivity contribution in [1.82, 2.24) is 10.3 Å². The maximum Gasteiger partial charge on any atom is 0.0737 e. The molecule has 0 aliphatic carbocycles. The van der Waals surface area contributed by atoms with Gasteiger partial charge in [0, 0.05) is 35.9 Å². The lowest BCUT2D eigenvalue weighted by atomic mass is 9.98. The normalized spacial score (nSPS) is 21.8. The van der Waals surface area contributed by atoms with E-state index in [-0.39, 0.29) is 5.54 Å². The minimum Gasteiger partial charge on any atom is -0.383 e. The number of pyridine rings is 1. The van der Waals surface area contributed by atoms with E-state index in [4.69, 9.17) is 16.3 Å². The Labute approximate surface area is 129 Å². The number of ether oxygens (including phenoxy) is 1. The van der Waals surface area contributed by atoms with E-state index >= 15 is 0 Å².